The van der Waals surface area contributed by atoms with E-state index in [2.05, 4.69) is 52.4 Å². The van der Waals surface area contributed by atoms with Gasteiger partial charge in [0.2, 0.25) is 11.9 Å². The van der Waals surface area contributed by atoms with Gasteiger partial charge in [0.15, 0.2) is 0 Å². The number of thiazole rings is 2. The van der Waals surface area contributed by atoms with Crippen molar-refractivity contribution in [3.63, 3.8) is 0 Å². The lowest BCUT2D eigenvalue weighted by atomic mass is 10.1. The van der Waals surface area contributed by atoms with E-state index >= 15 is 0 Å². The van der Waals surface area contributed by atoms with Crippen LogP contribution in [0.2, 0.25) is 0 Å². The van der Waals surface area contributed by atoms with E-state index in [0.717, 1.165) is 43.5 Å². The molecule has 14 heteroatoms. The van der Waals surface area contributed by atoms with Crippen LogP contribution in [0.1, 0.15) is 46.1 Å². The molecule has 1 aliphatic rings. The third-order valence-corrected chi connectivity index (χ3v) is 9.38. The second-order valence-corrected chi connectivity index (χ2v) is 12.2. The predicted octanol–water partition coefficient (Wildman–Crippen LogP) is 4.73. The smallest absolute Gasteiger partial charge is 0.237 e. The molecule has 0 saturated carbocycles. The van der Waals surface area contributed by atoms with Crippen molar-refractivity contribution in [3.05, 3.63) is 94.5 Å². The molecule has 2 unspecified atom stereocenters. The van der Waals surface area contributed by atoms with Crippen molar-refractivity contribution >= 4 is 55.0 Å². The van der Waals surface area contributed by atoms with Crippen LogP contribution in [0.4, 0.5) is 11.9 Å². The highest BCUT2D eigenvalue weighted by Crippen LogP contribution is 2.32. The summed E-state index contributed by atoms with van der Waals surface area (Å²) >= 11 is 3.02. The Balaban J connectivity index is 0.000000163. The number of benzene rings is 2. The Bertz CT molecular complexity index is 1940. The fraction of sp³-hybridized carbons (Fsp3) is 0.226. The number of aromatic nitrogens is 6. The van der Waals surface area contributed by atoms with Crippen LogP contribution in [0.15, 0.2) is 73.1 Å². The molecule has 1 aliphatic heterocycles. The van der Waals surface area contributed by atoms with Crippen LogP contribution in [0.25, 0.3) is 20.4 Å². The first-order valence-electron chi connectivity index (χ1n) is 14.1. The molecule has 224 valence electrons. The van der Waals surface area contributed by atoms with Crippen LogP contribution in [0, 0.1) is 22.7 Å². The van der Waals surface area contributed by atoms with Gasteiger partial charge < -0.3 is 10.0 Å². The lowest BCUT2D eigenvalue weighted by Crippen LogP contribution is -2.37. The van der Waals surface area contributed by atoms with E-state index in [9.17, 15) is 15.6 Å². The quantitative estimate of drug-likeness (QED) is 0.169. The Hall–Kier alpha value is -5.12. The second kappa shape index (κ2) is 13.7. The molecule has 0 amide bonds. The third-order valence-electron chi connectivity index (χ3n) is 7.18. The highest BCUT2D eigenvalue weighted by molar-refractivity contribution is 7.19. The summed E-state index contributed by atoms with van der Waals surface area (Å²) in [4.78, 5) is 28.3. The Kier molecular flexibility index (Phi) is 9.09. The molecule has 2 atom stereocenters. The number of para-hydroxylation sites is 2. The van der Waals surface area contributed by atoms with E-state index in [1.54, 1.807) is 24.5 Å². The molecule has 4 aromatic heterocycles. The zero-order chi connectivity index (χ0) is 31.2. The first-order valence-corrected chi connectivity index (χ1v) is 15.7. The number of piperidine rings is 1. The first kappa shape index (κ1) is 29.9. The molecule has 45 heavy (non-hydrogen) atoms. The molecule has 1 fully saturated rings. The molecule has 2 aromatic carbocycles. The number of aliphatic hydroxyl groups excluding tert-OH is 1. The Morgan fingerprint density at radius 3 is 1.84 bits per heavy atom. The molecule has 0 spiro atoms. The van der Waals surface area contributed by atoms with Gasteiger partial charge in [0.1, 0.15) is 21.9 Å². The summed E-state index contributed by atoms with van der Waals surface area (Å²) < 4.78 is 2.12. The van der Waals surface area contributed by atoms with E-state index in [4.69, 9.17) is 5.84 Å². The van der Waals surface area contributed by atoms with Gasteiger partial charge in [-0.2, -0.15) is 10.5 Å². The van der Waals surface area contributed by atoms with Crippen LogP contribution < -0.4 is 16.2 Å². The fourth-order valence-electron chi connectivity index (χ4n) is 4.87. The summed E-state index contributed by atoms with van der Waals surface area (Å²) in [6.07, 6.45) is 4.45. The standard InChI is InChI=1S/C18H17N5OS.C13H10N6S/c19-11-13(17-21-15-3-1-2-4-16(15)25-17)14-5-8-20-18(22-14)23-9-6-12(24)7-10-23;14-7-8(9-5-6-16-13(18-9)19-15)12-17-10-3-1-2-4-11(10)20-12/h1-5,8,12-13,24H,6-7,9-10H2;1-6,8H,15H2,(H,16,18,19). The molecule has 5 heterocycles. The number of nitrogen functional groups attached to an aromatic ring is 1. The average Bonchev–Trinajstić information content (AvgIpc) is 3.71. The first-order chi connectivity index (χ1) is 22.1. The van der Waals surface area contributed by atoms with E-state index in [-0.39, 0.29) is 12.1 Å². The van der Waals surface area contributed by atoms with Gasteiger partial charge in [0.25, 0.3) is 0 Å². The number of rotatable bonds is 6. The zero-order valence-electron chi connectivity index (χ0n) is 23.9. The van der Waals surface area contributed by atoms with Crippen molar-refractivity contribution in [2.24, 2.45) is 5.84 Å². The number of nitrogens with zero attached hydrogens (tertiary/aromatic N) is 9. The highest BCUT2D eigenvalue weighted by Gasteiger charge is 2.24. The van der Waals surface area contributed by atoms with Gasteiger partial charge in [-0.1, -0.05) is 24.3 Å². The van der Waals surface area contributed by atoms with Crippen molar-refractivity contribution in [2.75, 3.05) is 23.4 Å². The van der Waals surface area contributed by atoms with Gasteiger partial charge in [0.05, 0.1) is 50.1 Å². The maximum absolute atomic E-state index is 9.70. The SMILES string of the molecule is N#CC(c1ccnc(N2CCC(O)CC2)n1)c1nc2ccccc2s1.N#CC(c1ccnc(NN)n1)c1nc2ccccc2s1. The van der Waals surface area contributed by atoms with Crippen molar-refractivity contribution in [1.29, 1.82) is 10.5 Å². The summed E-state index contributed by atoms with van der Waals surface area (Å²) in [6.45, 7) is 1.45. The Morgan fingerprint density at radius 2 is 1.31 bits per heavy atom. The molecular formula is C31H27N11OS2. The van der Waals surface area contributed by atoms with Crippen LogP contribution in [-0.2, 0) is 0 Å². The van der Waals surface area contributed by atoms with Crippen molar-refractivity contribution in [3.8, 4) is 12.1 Å². The maximum atomic E-state index is 9.70. The fourth-order valence-corrected chi connectivity index (χ4v) is 6.92. The Morgan fingerprint density at radius 1 is 0.778 bits per heavy atom. The molecule has 6 aromatic rings. The molecule has 7 rings (SSSR count). The summed E-state index contributed by atoms with van der Waals surface area (Å²) in [5.74, 6) is 5.16. The summed E-state index contributed by atoms with van der Waals surface area (Å²) in [7, 11) is 0. The monoisotopic (exact) mass is 633 g/mol. The van der Waals surface area contributed by atoms with E-state index in [1.165, 1.54) is 22.7 Å². The molecular weight excluding hydrogens is 607 g/mol. The summed E-state index contributed by atoms with van der Waals surface area (Å²) in [6, 6.07) is 23.7. The van der Waals surface area contributed by atoms with E-state index in [1.807, 2.05) is 48.5 Å². The van der Waals surface area contributed by atoms with Crippen LogP contribution in [-0.4, -0.2) is 54.2 Å². The highest BCUT2D eigenvalue weighted by atomic mass is 32.1. The minimum Gasteiger partial charge on any atom is -0.393 e. The van der Waals surface area contributed by atoms with Gasteiger partial charge in [0, 0.05) is 25.5 Å². The van der Waals surface area contributed by atoms with Crippen molar-refractivity contribution in [2.45, 2.75) is 30.8 Å². The lowest BCUT2D eigenvalue weighted by Gasteiger charge is -2.29. The van der Waals surface area contributed by atoms with Gasteiger partial charge in [-0.25, -0.2) is 35.7 Å². The molecule has 0 aliphatic carbocycles. The molecule has 4 N–H and O–H groups in total. The normalized spacial score (nSPS) is 14.6. The number of anilines is 2. The van der Waals surface area contributed by atoms with Crippen molar-refractivity contribution < 1.29 is 5.11 Å². The van der Waals surface area contributed by atoms with Crippen LogP contribution in [0.3, 0.4) is 0 Å². The average molecular weight is 634 g/mol. The number of hydrazine groups is 1. The third kappa shape index (κ3) is 6.69. The number of nitrogens with two attached hydrogens (primary N) is 1. The van der Waals surface area contributed by atoms with E-state index in [0.29, 0.717) is 30.2 Å². The minimum absolute atomic E-state index is 0.242. The Labute approximate surface area is 266 Å². The number of aliphatic hydroxyl groups is 1. The second-order valence-electron chi connectivity index (χ2n) is 10.1. The summed E-state index contributed by atoms with van der Waals surface area (Å²) in [5.41, 5.74) is 5.41. The van der Waals surface area contributed by atoms with Crippen molar-refractivity contribution in [1.82, 2.24) is 29.9 Å². The number of nitriles is 2. The number of fused-ring (bicyclic) bond motifs is 2. The zero-order valence-corrected chi connectivity index (χ0v) is 25.5. The largest absolute Gasteiger partial charge is 0.393 e. The topological polar surface area (TPSA) is 186 Å². The van der Waals surface area contributed by atoms with Crippen LogP contribution >= 0.6 is 22.7 Å². The molecule has 12 nitrogen and oxygen atoms in total. The predicted molar refractivity (Wildman–Crippen MR) is 173 cm³/mol. The van der Waals surface area contributed by atoms with Gasteiger partial charge in [-0.3, -0.25) is 5.43 Å². The van der Waals surface area contributed by atoms with Gasteiger partial charge in [-0.15, -0.1) is 22.7 Å². The van der Waals surface area contributed by atoms with Gasteiger partial charge >= 0.3 is 0 Å². The minimum atomic E-state index is -0.525. The van der Waals surface area contributed by atoms with Gasteiger partial charge in [-0.05, 0) is 49.2 Å². The number of hydrogen-bond donors (Lipinski definition) is 3. The summed E-state index contributed by atoms with van der Waals surface area (Å²) in [5, 5.41) is 30.3. The number of hydrogen-bond acceptors (Lipinski definition) is 14. The van der Waals surface area contributed by atoms with E-state index < -0.39 is 11.8 Å². The molecule has 0 radical (unpaired) electrons. The number of nitrogens with one attached hydrogen (secondary N) is 1. The maximum Gasteiger partial charge on any atom is 0.237 e. The molecule has 1 saturated heterocycles. The van der Waals surface area contributed by atoms with Crippen LogP contribution in [0.5, 0.6) is 0 Å². The molecule has 0 bridgehead atoms. The lowest BCUT2D eigenvalue weighted by molar-refractivity contribution is 0.145.